The lowest BCUT2D eigenvalue weighted by atomic mass is 9.83. The fourth-order valence-corrected chi connectivity index (χ4v) is 2.53. The number of aliphatic hydroxyl groups is 1. The Labute approximate surface area is 119 Å². The maximum absolute atomic E-state index is 11.3. The van der Waals surface area contributed by atoms with Gasteiger partial charge >= 0.3 is 7.60 Å². The zero-order valence-corrected chi connectivity index (χ0v) is 13.0. The lowest BCUT2D eigenvalue weighted by Crippen LogP contribution is -2.16. The van der Waals surface area contributed by atoms with E-state index in [2.05, 4.69) is 0 Å². The SMILES string of the molecule is COc1ccc(CO)cc1C(C)(C)/C=C(\C)P(=O)(O)O. The van der Waals surface area contributed by atoms with Crippen molar-refractivity contribution in [2.24, 2.45) is 0 Å². The molecule has 5 nitrogen and oxygen atoms in total. The summed E-state index contributed by atoms with van der Waals surface area (Å²) in [6.07, 6.45) is 1.53. The molecule has 0 heterocycles. The Morgan fingerprint density at radius 3 is 2.45 bits per heavy atom. The molecule has 0 aromatic heterocycles. The van der Waals surface area contributed by atoms with Gasteiger partial charge in [0, 0.05) is 16.3 Å². The number of hydrogen-bond acceptors (Lipinski definition) is 3. The van der Waals surface area contributed by atoms with Gasteiger partial charge in [0.15, 0.2) is 0 Å². The molecule has 0 atom stereocenters. The van der Waals surface area contributed by atoms with Gasteiger partial charge in [0.2, 0.25) is 0 Å². The molecule has 0 amide bonds. The van der Waals surface area contributed by atoms with E-state index in [0.29, 0.717) is 5.75 Å². The molecular formula is C14H21O5P. The Morgan fingerprint density at radius 1 is 1.40 bits per heavy atom. The average Bonchev–Trinajstić information content (AvgIpc) is 2.36. The summed E-state index contributed by atoms with van der Waals surface area (Å²) in [5.41, 5.74) is 0.845. The van der Waals surface area contributed by atoms with Crippen molar-refractivity contribution in [3.63, 3.8) is 0 Å². The molecule has 112 valence electrons. The molecule has 1 aromatic rings. The summed E-state index contributed by atoms with van der Waals surface area (Å²) < 4.78 is 16.6. The highest BCUT2D eigenvalue weighted by Crippen LogP contribution is 2.47. The van der Waals surface area contributed by atoms with Gasteiger partial charge in [0.1, 0.15) is 5.75 Å². The van der Waals surface area contributed by atoms with E-state index in [1.54, 1.807) is 18.2 Å². The normalized spacial score (nSPS) is 13.4. The zero-order chi connectivity index (χ0) is 15.6. The first-order valence-electron chi connectivity index (χ1n) is 6.15. The van der Waals surface area contributed by atoms with Crippen molar-refractivity contribution in [1.29, 1.82) is 0 Å². The molecule has 0 unspecified atom stereocenters. The molecule has 1 aromatic carbocycles. The van der Waals surface area contributed by atoms with E-state index in [1.165, 1.54) is 20.1 Å². The predicted molar refractivity (Wildman–Crippen MR) is 77.7 cm³/mol. The van der Waals surface area contributed by atoms with Crippen LogP contribution in [0.4, 0.5) is 0 Å². The van der Waals surface area contributed by atoms with Gasteiger partial charge in [0.25, 0.3) is 0 Å². The monoisotopic (exact) mass is 300 g/mol. The molecule has 0 spiro atoms. The van der Waals surface area contributed by atoms with E-state index in [1.807, 2.05) is 13.8 Å². The van der Waals surface area contributed by atoms with Crippen molar-refractivity contribution in [3.8, 4) is 5.75 Å². The van der Waals surface area contributed by atoms with Gasteiger partial charge in [-0.3, -0.25) is 4.57 Å². The maximum Gasteiger partial charge on any atom is 0.351 e. The van der Waals surface area contributed by atoms with Crippen molar-refractivity contribution in [2.75, 3.05) is 7.11 Å². The first kappa shape index (κ1) is 16.9. The van der Waals surface area contributed by atoms with E-state index < -0.39 is 13.0 Å². The van der Waals surface area contributed by atoms with Crippen LogP contribution in [0, 0.1) is 0 Å². The van der Waals surface area contributed by atoms with Crippen molar-refractivity contribution >= 4 is 7.60 Å². The lowest BCUT2D eigenvalue weighted by Gasteiger charge is -2.25. The van der Waals surface area contributed by atoms with Crippen LogP contribution >= 0.6 is 7.60 Å². The van der Waals surface area contributed by atoms with E-state index in [-0.39, 0.29) is 11.9 Å². The third-order valence-electron chi connectivity index (χ3n) is 3.17. The molecular weight excluding hydrogens is 279 g/mol. The number of rotatable bonds is 5. The van der Waals surface area contributed by atoms with Crippen molar-refractivity contribution in [3.05, 3.63) is 40.7 Å². The highest BCUT2D eigenvalue weighted by Gasteiger charge is 2.26. The second-order valence-corrected chi connectivity index (χ2v) is 7.04. The number of ether oxygens (including phenoxy) is 1. The van der Waals surface area contributed by atoms with Gasteiger partial charge in [-0.15, -0.1) is 0 Å². The Hall–Kier alpha value is -1.13. The Bertz CT molecular complexity index is 557. The van der Waals surface area contributed by atoms with Crippen molar-refractivity contribution in [1.82, 2.24) is 0 Å². The van der Waals surface area contributed by atoms with Crippen LogP contribution in [-0.2, 0) is 16.6 Å². The Morgan fingerprint density at radius 2 is 2.00 bits per heavy atom. The fraction of sp³-hybridized carbons (Fsp3) is 0.429. The van der Waals surface area contributed by atoms with E-state index in [4.69, 9.17) is 4.74 Å². The second-order valence-electron chi connectivity index (χ2n) is 5.24. The molecule has 0 aliphatic carbocycles. The maximum atomic E-state index is 11.3. The van der Waals surface area contributed by atoms with Gasteiger partial charge in [-0.1, -0.05) is 26.0 Å². The highest BCUT2D eigenvalue weighted by molar-refractivity contribution is 7.56. The van der Waals surface area contributed by atoms with Crippen LogP contribution in [0.2, 0.25) is 0 Å². The minimum Gasteiger partial charge on any atom is -0.496 e. The summed E-state index contributed by atoms with van der Waals surface area (Å²) >= 11 is 0. The lowest BCUT2D eigenvalue weighted by molar-refractivity contribution is 0.281. The number of methoxy groups -OCH3 is 1. The van der Waals surface area contributed by atoms with E-state index >= 15 is 0 Å². The molecule has 1 rings (SSSR count). The van der Waals surface area contributed by atoms with Gasteiger partial charge in [-0.2, -0.15) is 0 Å². The zero-order valence-electron chi connectivity index (χ0n) is 12.1. The van der Waals surface area contributed by atoms with Gasteiger partial charge < -0.3 is 19.6 Å². The molecule has 0 aliphatic heterocycles. The summed E-state index contributed by atoms with van der Waals surface area (Å²) in [5, 5.41) is 9.23. The van der Waals surface area contributed by atoms with Crippen LogP contribution in [0.3, 0.4) is 0 Å². The second kappa shape index (κ2) is 6.10. The summed E-state index contributed by atoms with van der Waals surface area (Å²) in [6.45, 7) is 4.98. The van der Waals surface area contributed by atoms with Crippen LogP contribution in [0.1, 0.15) is 31.9 Å². The van der Waals surface area contributed by atoms with Gasteiger partial charge in [-0.25, -0.2) is 0 Å². The van der Waals surface area contributed by atoms with Crippen LogP contribution in [0.15, 0.2) is 29.6 Å². The third kappa shape index (κ3) is 3.93. The van der Waals surface area contributed by atoms with E-state index in [9.17, 15) is 19.5 Å². The Kier molecular flexibility index (Phi) is 5.16. The molecule has 20 heavy (non-hydrogen) atoms. The standard InChI is InChI=1S/C14H21O5P/c1-10(20(16,17)18)8-14(2,3)12-7-11(9-15)5-6-13(12)19-4/h5-8,15H,9H2,1-4H3,(H2,16,17,18)/b10-8+. The molecule has 0 fully saturated rings. The minimum atomic E-state index is -4.25. The fourth-order valence-electron chi connectivity index (χ4n) is 2.04. The van der Waals surface area contributed by atoms with Crippen molar-refractivity contribution < 1.29 is 24.2 Å². The third-order valence-corrected chi connectivity index (χ3v) is 4.22. The minimum absolute atomic E-state index is 0.0129. The summed E-state index contributed by atoms with van der Waals surface area (Å²) in [6, 6.07) is 5.27. The quantitative estimate of drug-likeness (QED) is 0.727. The summed E-state index contributed by atoms with van der Waals surface area (Å²) in [5.74, 6) is 0.613. The topological polar surface area (TPSA) is 87.0 Å². The largest absolute Gasteiger partial charge is 0.496 e. The number of aliphatic hydroxyl groups excluding tert-OH is 1. The first-order valence-corrected chi connectivity index (χ1v) is 7.77. The van der Waals surface area contributed by atoms with E-state index in [0.717, 1.165) is 11.1 Å². The summed E-state index contributed by atoms with van der Waals surface area (Å²) in [4.78, 5) is 18.4. The molecule has 0 saturated carbocycles. The number of benzene rings is 1. The van der Waals surface area contributed by atoms with Crippen LogP contribution < -0.4 is 4.74 Å². The Balaban J connectivity index is 3.37. The molecule has 0 bridgehead atoms. The predicted octanol–water partition coefficient (Wildman–Crippen LogP) is 2.55. The molecule has 6 heteroatoms. The van der Waals surface area contributed by atoms with Gasteiger partial charge in [-0.05, 0) is 24.6 Å². The number of hydrogen-bond donors (Lipinski definition) is 3. The molecule has 0 radical (unpaired) electrons. The van der Waals surface area contributed by atoms with Crippen molar-refractivity contribution in [2.45, 2.75) is 32.8 Å². The van der Waals surface area contributed by atoms with Crippen LogP contribution in [0.25, 0.3) is 0 Å². The number of allylic oxidation sites excluding steroid dienone is 2. The highest BCUT2D eigenvalue weighted by atomic mass is 31.2. The van der Waals surface area contributed by atoms with Gasteiger partial charge in [0.05, 0.1) is 13.7 Å². The molecule has 0 aliphatic rings. The average molecular weight is 300 g/mol. The summed E-state index contributed by atoms with van der Waals surface area (Å²) in [7, 11) is -2.71. The van der Waals surface area contributed by atoms with Crippen LogP contribution in [-0.4, -0.2) is 22.0 Å². The molecule has 3 N–H and O–H groups in total. The first-order chi connectivity index (χ1) is 9.11. The smallest absolute Gasteiger partial charge is 0.351 e. The van der Waals surface area contributed by atoms with Crippen LogP contribution in [0.5, 0.6) is 5.75 Å². The molecule has 0 saturated heterocycles.